The van der Waals surface area contributed by atoms with Crippen molar-refractivity contribution in [1.82, 2.24) is 0 Å². The zero-order chi connectivity index (χ0) is 20.2. The summed E-state index contributed by atoms with van der Waals surface area (Å²) in [4.78, 5) is 0. The van der Waals surface area contributed by atoms with Gasteiger partial charge in [-0.05, 0) is 97.2 Å². The first-order chi connectivity index (χ1) is 13.9. The molecule has 0 spiro atoms. The Morgan fingerprint density at radius 2 is 1.69 bits per heavy atom. The number of aliphatic hydroxyl groups is 1. The highest BCUT2D eigenvalue weighted by Crippen LogP contribution is 2.64. The van der Waals surface area contributed by atoms with Crippen LogP contribution in [0.2, 0.25) is 0 Å². The van der Waals surface area contributed by atoms with Gasteiger partial charge in [0, 0.05) is 5.41 Å². The molecule has 3 nitrogen and oxygen atoms in total. The quantitative estimate of drug-likeness (QED) is 0.643. The van der Waals surface area contributed by atoms with Crippen molar-refractivity contribution in [2.75, 3.05) is 0 Å². The number of benzene rings is 2. The van der Waals surface area contributed by atoms with Crippen LogP contribution in [0.4, 0.5) is 0 Å². The highest BCUT2D eigenvalue weighted by atomic mass is 16.3. The van der Waals surface area contributed by atoms with E-state index >= 15 is 0 Å². The van der Waals surface area contributed by atoms with Crippen LogP contribution in [0.1, 0.15) is 61.6 Å². The number of hydrogen-bond acceptors (Lipinski definition) is 3. The molecule has 0 bridgehead atoms. The van der Waals surface area contributed by atoms with Crippen LogP contribution in [0.5, 0.6) is 11.5 Å². The molecule has 0 aliphatic heterocycles. The second-order valence-corrected chi connectivity index (χ2v) is 9.64. The molecule has 0 heterocycles. The van der Waals surface area contributed by atoms with E-state index in [-0.39, 0.29) is 11.2 Å². The highest BCUT2D eigenvalue weighted by molar-refractivity contribution is 5.52. The number of phenolic OH excluding ortho intramolecular Hbond substituents is 2. The summed E-state index contributed by atoms with van der Waals surface area (Å²) >= 11 is 0. The van der Waals surface area contributed by atoms with E-state index in [0.29, 0.717) is 23.5 Å². The predicted octanol–water partition coefficient (Wildman–Crippen LogP) is 5.40. The molecule has 0 aromatic heterocycles. The lowest BCUT2D eigenvalue weighted by atomic mass is 9.53. The summed E-state index contributed by atoms with van der Waals surface area (Å²) in [6.07, 6.45) is 10.2. The molecule has 2 saturated carbocycles. The molecule has 3 aliphatic rings. The van der Waals surface area contributed by atoms with Crippen LogP contribution in [0.15, 0.2) is 48.5 Å². The van der Waals surface area contributed by atoms with Crippen LogP contribution in [0.3, 0.4) is 0 Å². The Hall–Kier alpha value is -2.26. The average Bonchev–Trinajstić information content (AvgIpc) is 2.98. The molecule has 0 saturated heterocycles. The van der Waals surface area contributed by atoms with E-state index in [1.807, 2.05) is 36.4 Å². The van der Waals surface area contributed by atoms with Crippen molar-refractivity contribution in [3.8, 4) is 11.5 Å². The fourth-order valence-electron chi connectivity index (χ4n) is 6.71. The predicted molar refractivity (Wildman–Crippen MR) is 115 cm³/mol. The third-order valence-electron chi connectivity index (χ3n) is 8.37. The lowest BCUT2D eigenvalue weighted by Gasteiger charge is -2.52. The molecule has 3 N–H and O–H groups in total. The second-order valence-electron chi connectivity index (χ2n) is 9.64. The molecule has 0 radical (unpaired) electrons. The van der Waals surface area contributed by atoms with Crippen molar-refractivity contribution >= 4 is 6.08 Å². The van der Waals surface area contributed by atoms with Crippen LogP contribution in [0, 0.1) is 17.3 Å². The minimum atomic E-state index is -0.782. The largest absolute Gasteiger partial charge is 0.508 e. The Morgan fingerprint density at radius 3 is 2.48 bits per heavy atom. The van der Waals surface area contributed by atoms with Gasteiger partial charge in [0.1, 0.15) is 11.5 Å². The smallest absolute Gasteiger partial charge is 0.115 e. The van der Waals surface area contributed by atoms with Gasteiger partial charge in [0.05, 0.1) is 5.60 Å². The van der Waals surface area contributed by atoms with Gasteiger partial charge in [-0.1, -0.05) is 37.3 Å². The fourth-order valence-corrected chi connectivity index (χ4v) is 6.71. The van der Waals surface area contributed by atoms with Gasteiger partial charge in [-0.2, -0.15) is 0 Å². The number of phenols is 2. The number of aryl methyl sites for hydroxylation is 1. The summed E-state index contributed by atoms with van der Waals surface area (Å²) in [7, 11) is 0. The van der Waals surface area contributed by atoms with Gasteiger partial charge in [-0.25, -0.2) is 0 Å². The van der Waals surface area contributed by atoms with Gasteiger partial charge in [0.2, 0.25) is 0 Å². The van der Waals surface area contributed by atoms with Gasteiger partial charge >= 0.3 is 0 Å². The topological polar surface area (TPSA) is 60.7 Å². The van der Waals surface area contributed by atoms with E-state index in [1.165, 1.54) is 11.1 Å². The molecule has 3 aliphatic carbocycles. The maximum atomic E-state index is 11.7. The van der Waals surface area contributed by atoms with E-state index in [0.717, 1.165) is 44.1 Å². The number of rotatable bonds is 2. The standard InChI is InChI=1S/C26H30O3/c1-25-13-11-22-21-9-7-20(28)16-18(21)4-8-23(22)24(25)12-15-26(25,29)14-10-17-2-5-19(27)6-3-17/h2-3,5-7,9-10,14,16,22-24,27-29H,4,8,11-13,15H2,1H3/b14-10-/t22?,23?,24?,25-,26-/m0/s1. The molecule has 2 aromatic carbocycles. The first-order valence-electron chi connectivity index (χ1n) is 10.9. The number of aromatic hydroxyl groups is 2. The van der Waals surface area contributed by atoms with Crippen molar-refractivity contribution in [3.05, 3.63) is 65.2 Å². The molecular weight excluding hydrogens is 360 g/mol. The van der Waals surface area contributed by atoms with Crippen LogP contribution in [-0.4, -0.2) is 20.9 Å². The third-order valence-corrected chi connectivity index (χ3v) is 8.37. The van der Waals surface area contributed by atoms with E-state index in [2.05, 4.69) is 13.0 Å². The summed E-state index contributed by atoms with van der Waals surface area (Å²) in [5.41, 5.74) is 2.86. The average molecular weight is 391 g/mol. The van der Waals surface area contributed by atoms with Crippen molar-refractivity contribution in [3.63, 3.8) is 0 Å². The normalized spacial score (nSPS) is 35.9. The Balaban J connectivity index is 1.42. The molecule has 2 fully saturated rings. The van der Waals surface area contributed by atoms with E-state index in [1.54, 1.807) is 12.1 Å². The lowest BCUT2D eigenvalue weighted by Crippen LogP contribution is -2.49. The van der Waals surface area contributed by atoms with Gasteiger partial charge in [0.15, 0.2) is 0 Å². The summed E-state index contributed by atoms with van der Waals surface area (Å²) in [6, 6.07) is 13.1. The zero-order valence-electron chi connectivity index (χ0n) is 17.0. The summed E-state index contributed by atoms with van der Waals surface area (Å²) < 4.78 is 0. The van der Waals surface area contributed by atoms with Gasteiger partial charge in [-0.15, -0.1) is 0 Å². The van der Waals surface area contributed by atoms with Crippen LogP contribution >= 0.6 is 0 Å². The second kappa shape index (κ2) is 6.63. The van der Waals surface area contributed by atoms with Gasteiger partial charge < -0.3 is 15.3 Å². The summed E-state index contributed by atoms with van der Waals surface area (Å²) in [5.74, 6) is 2.33. The van der Waals surface area contributed by atoms with Crippen LogP contribution < -0.4 is 0 Å². The minimum Gasteiger partial charge on any atom is -0.508 e. The lowest BCUT2D eigenvalue weighted by molar-refractivity contribution is -0.0705. The van der Waals surface area contributed by atoms with Crippen molar-refractivity contribution < 1.29 is 15.3 Å². The molecule has 3 heteroatoms. The van der Waals surface area contributed by atoms with E-state index in [9.17, 15) is 15.3 Å². The van der Waals surface area contributed by atoms with E-state index in [4.69, 9.17) is 0 Å². The summed E-state index contributed by atoms with van der Waals surface area (Å²) in [6.45, 7) is 2.30. The van der Waals surface area contributed by atoms with Crippen molar-refractivity contribution in [2.24, 2.45) is 17.3 Å². The maximum absolute atomic E-state index is 11.7. The molecule has 152 valence electrons. The first-order valence-corrected chi connectivity index (χ1v) is 10.9. The molecule has 5 rings (SSSR count). The first kappa shape index (κ1) is 18.7. The highest BCUT2D eigenvalue weighted by Gasteiger charge is 2.60. The number of hydrogen-bond donors (Lipinski definition) is 3. The molecular formula is C26H30O3. The third kappa shape index (κ3) is 2.90. The molecule has 2 aromatic rings. The Bertz CT molecular complexity index is 947. The molecule has 0 amide bonds. The monoisotopic (exact) mass is 390 g/mol. The Labute approximate surface area is 172 Å². The zero-order valence-corrected chi connectivity index (χ0v) is 17.0. The van der Waals surface area contributed by atoms with Gasteiger partial charge in [0.25, 0.3) is 0 Å². The molecule has 5 atom stereocenters. The summed E-state index contributed by atoms with van der Waals surface area (Å²) in [5, 5.41) is 31.1. The van der Waals surface area contributed by atoms with Crippen molar-refractivity contribution in [2.45, 2.75) is 57.0 Å². The minimum absolute atomic E-state index is 0.101. The Morgan fingerprint density at radius 1 is 0.931 bits per heavy atom. The van der Waals surface area contributed by atoms with Crippen molar-refractivity contribution in [1.29, 1.82) is 0 Å². The van der Waals surface area contributed by atoms with Crippen LogP contribution in [0.25, 0.3) is 6.08 Å². The van der Waals surface area contributed by atoms with Crippen LogP contribution in [-0.2, 0) is 6.42 Å². The van der Waals surface area contributed by atoms with Gasteiger partial charge in [-0.3, -0.25) is 0 Å². The maximum Gasteiger partial charge on any atom is 0.115 e. The SMILES string of the molecule is C[C@]12CCC3c4ccc(O)cc4CCC3C1CC[C@@]2(O)/C=C\c1ccc(O)cc1. The Kier molecular flexibility index (Phi) is 4.29. The number of fused-ring (bicyclic) bond motifs is 5. The molecule has 29 heavy (non-hydrogen) atoms. The molecule has 3 unspecified atom stereocenters. The van der Waals surface area contributed by atoms with E-state index < -0.39 is 5.60 Å². The fraction of sp³-hybridized carbons (Fsp3) is 0.462.